The van der Waals surface area contributed by atoms with Crippen molar-refractivity contribution in [2.75, 3.05) is 5.08 Å². The molecule has 0 amide bonds. The smallest absolute Gasteiger partial charge is 0.0383 e. The summed E-state index contributed by atoms with van der Waals surface area (Å²) in [5.74, 6) is 0. The summed E-state index contributed by atoms with van der Waals surface area (Å²) in [4.78, 5) is 0. The van der Waals surface area contributed by atoms with Crippen LogP contribution in [0.1, 0.15) is 0 Å². The second-order valence-corrected chi connectivity index (χ2v) is 3.70. The van der Waals surface area contributed by atoms with Gasteiger partial charge in [-0.2, -0.15) is 0 Å². The summed E-state index contributed by atoms with van der Waals surface area (Å²) in [5.41, 5.74) is 0. The zero-order valence-corrected chi connectivity index (χ0v) is 9.08. The molecule has 54 valence electrons. The second-order valence-electron chi connectivity index (χ2n) is 0.998. The van der Waals surface area contributed by atoms with E-state index in [0.29, 0.717) is 0 Å². The Hall–Kier alpha value is 1.47. The van der Waals surface area contributed by atoms with E-state index in [4.69, 9.17) is 0 Å². The first-order valence-electron chi connectivity index (χ1n) is 1.49. The van der Waals surface area contributed by atoms with Crippen LogP contribution >= 0.6 is 0 Å². The molecule has 9 heavy (non-hydrogen) atoms. The minimum Gasteiger partial charge on any atom is -0.294 e. The third-order valence-electron chi connectivity index (χ3n) is 0.263. The van der Waals surface area contributed by atoms with Gasteiger partial charge >= 0.3 is 0 Å². The van der Waals surface area contributed by atoms with Crippen molar-refractivity contribution in [1.29, 1.82) is 0 Å². The third-order valence-corrected chi connectivity index (χ3v) is 2.37. The Morgan fingerprint density at radius 3 is 1.22 bits per heavy atom. The molecule has 0 aliphatic carbocycles. The van der Waals surface area contributed by atoms with E-state index in [1.54, 1.807) is 0 Å². The number of rotatable bonds is 2. The molecule has 0 saturated heterocycles. The molecule has 2 radical (unpaired) electrons. The molecule has 2 unspecified atom stereocenters. The fourth-order valence-corrected chi connectivity index (χ4v) is 1.32. The minimum absolute atomic E-state index is 0. The molecule has 0 bridgehead atoms. The normalized spacial score (nSPS) is 14.4. The zero-order chi connectivity index (χ0) is 5.86. The van der Waals surface area contributed by atoms with Gasteiger partial charge in [0.1, 0.15) is 0 Å². The van der Waals surface area contributed by atoms with Gasteiger partial charge in [-0.05, 0) is 0 Å². The Labute approximate surface area is 84.2 Å². The summed E-state index contributed by atoms with van der Waals surface area (Å²) in [7, 11) is -2.42. The van der Waals surface area contributed by atoms with Crippen LogP contribution in [0.3, 0.4) is 0 Å². The molecule has 0 spiro atoms. The van der Waals surface area contributed by atoms with E-state index in [1.165, 1.54) is 0 Å². The summed E-state index contributed by atoms with van der Waals surface area (Å²) in [6, 6.07) is 0. The van der Waals surface area contributed by atoms with Crippen LogP contribution in [0.4, 0.5) is 0 Å². The Morgan fingerprint density at radius 2 is 1.22 bits per heavy atom. The van der Waals surface area contributed by atoms with Crippen molar-refractivity contribution in [1.82, 2.24) is 0 Å². The topological polar surface area (TPSA) is 34.1 Å². The first-order chi connectivity index (χ1) is 3.13. The molecule has 2 nitrogen and oxygen atoms in total. The number of hydrogen-bond acceptors (Lipinski definition) is 2. The molecule has 0 aromatic rings. The van der Waals surface area contributed by atoms with Crippen molar-refractivity contribution in [2.45, 2.75) is 0 Å². The van der Waals surface area contributed by atoms with E-state index in [-0.39, 0.29) is 42.2 Å². The van der Waals surface area contributed by atoms with E-state index < -0.39 is 21.6 Å². The fourth-order valence-electron chi connectivity index (χ4n) is 0.147. The predicted molar refractivity (Wildman–Crippen MR) is 31.9 cm³/mol. The molecule has 0 aromatic carbocycles. The SMILES string of the molecule is [CH2-]S(=O)CS([CH2-])=O.[V].[V]. The summed E-state index contributed by atoms with van der Waals surface area (Å²) < 4.78 is 20.0. The average Bonchev–Trinajstić information content (AvgIpc) is 1.27. The molecule has 2 atom stereocenters. The summed E-state index contributed by atoms with van der Waals surface area (Å²) >= 11 is 0. The van der Waals surface area contributed by atoms with Crippen LogP contribution in [-0.2, 0) is 58.7 Å². The van der Waals surface area contributed by atoms with Gasteiger partial charge in [0.25, 0.3) is 0 Å². The van der Waals surface area contributed by atoms with Gasteiger partial charge in [0.05, 0.1) is 0 Å². The average molecular weight is 240 g/mol. The Morgan fingerprint density at radius 1 is 1.00 bits per heavy atom. The Balaban J connectivity index is -0.000000180. The molecule has 0 rings (SSSR count). The van der Waals surface area contributed by atoms with E-state index in [9.17, 15) is 8.42 Å². The molecule has 6 heteroatoms. The molecule has 0 N–H and O–H groups in total. The summed E-state index contributed by atoms with van der Waals surface area (Å²) in [5, 5.41) is 0.0833. The molecule has 0 aliphatic heterocycles. The monoisotopic (exact) mass is 240 g/mol. The van der Waals surface area contributed by atoms with E-state index in [2.05, 4.69) is 12.5 Å². The third kappa shape index (κ3) is 17.7. The van der Waals surface area contributed by atoms with Crippen LogP contribution in [0.25, 0.3) is 0 Å². The minimum atomic E-state index is -1.21. The first kappa shape index (κ1) is 16.8. The molecular weight excluding hydrogens is 234 g/mol. The van der Waals surface area contributed by atoms with Crippen molar-refractivity contribution in [2.24, 2.45) is 0 Å². The van der Waals surface area contributed by atoms with Crippen molar-refractivity contribution in [3.8, 4) is 0 Å². The first-order valence-corrected chi connectivity index (χ1v) is 4.46. The van der Waals surface area contributed by atoms with Crippen LogP contribution in [0.2, 0.25) is 0 Å². The van der Waals surface area contributed by atoms with Gasteiger partial charge < -0.3 is 0 Å². The molecule has 0 aliphatic rings. The van der Waals surface area contributed by atoms with Gasteiger partial charge in [-0.1, -0.05) is 0 Å². The number of hydrogen-bond donors (Lipinski definition) is 0. The van der Waals surface area contributed by atoms with Gasteiger partial charge in [-0.25, -0.2) is 0 Å². The van der Waals surface area contributed by atoms with Crippen LogP contribution in [0.15, 0.2) is 0 Å². The van der Waals surface area contributed by atoms with Gasteiger partial charge in [0.15, 0.2) is 0 Å². The molecule has 0 aromatic heterocycles. The van der Waals surface area contributed by atoms with E-state index >= 15 is 0 Å². The maximum absolute atomic E-state index is 10.0. The summed E-state index contributed by atoms with van der Waals surface area (Å²) in [6.45, 7) is 0. The Bertz CT molecular complexity index is 94.0. The van der Waals surface area contributed by atoms with E-state index in [0.717, 1.165) is 0 Å². The largest absolute Gasteiger partial charge is 0.294 e. The predicted octanol–water partition coefficient (Wildman–Crippen LogP) is 0.0195. The van der Waals surface area contributed by atoms with E-state index in [1.807, 2.05) is 0 Å². The van der Waals surface area contributed by atoms with Gasteiger partial charge in [-0.15, -0.1) is 21.6 Å². The van der Waals surface area contributed by atoms with Crippen LogP contribution < -0.4 is 0 Å². The van der Waals surface area contributed by atoms with Gasteiger partial charge in [0, 0.05) is 42.2 Å². The van der Waals surface area contributed by atoms with Crippen LogP contribution in [0.5, 0.6) is 0 Å². The van der Waals surface area contributed by atoms with Gasteiger partial charge in [-0.3, -0.25) is 20.9 Å². The molecular formula is C3H6O2S2V2-2. The second kappa shape index (κ2) is 9.47. The zero-order valence-electron chi connectivity index (χ0n) is 4.65. The standard InChI is InChI=1S/C3H6O2S2.2V/c1-6(4)3-7(2)5;;/h1-3H2;;/q-2;;. The van der Waals surface area contributed by atoms with Crippen molar-refractivity contribution < 1.29 is 45.5 Å². The Kier molecular flexibility index (Phi) is 17.7. The van der Waals surface area contributed by atoms with Crippen molar-refractivity contribution in [3.05, 3.63) is 12.5 Å². The summed E-state index contributed by atoms with van der Waals surface area (Å²) in [6.07, 6.45) is 6.24. The maximum Gasteiger partial charge on any atom is 0.0383 e. The maximum atomic E-state index is 10.0. The van der Waals surface area contributed by atoms with Crippen molar-refractivity contribution >= 4 is 21.6 Å². The quantitative estimate of drug-likeness (QED) is 0.637. The van der Waals surface area contributed by atoms with Crippen LogP contribution in [-0.4, -0.2) is 13.5 Å². The van der Waals surface area contributed by atoms with Crippen LogP contribution in [0, 0.1) is 12.5 Å². The molecule has 0 heterocycles. The molecule has 0 fully saturated rings. The van der Waals surface area contributed by atoms with Crippen molar-refractivity contribution in [3.63, 3.8) is 0 Å². The fraction of sp³-hybridized carbons (Fsp3) is 0.333. The molecule has 0 saturated carbocycles. The van der Waals surface area contributed by atoms with Gasteiger partial charge in [0.2, 0.25) is 0 Å².